The van der Waals surface area contributed by atoms with E-state index in [-0.39, 0.29) is 11.5 Å². The molecule has 2 aromatic heterocycles. The summed E-state index contributed by atoms with van der Waals surface area (Å²) in [6, 6.07) is 8.23. The van der Waals surface area contributed by atoms with E-state index < -0.39 is 0 Å². The molecule has 0 spiro atoms. The van der Waals surface area contributed by atoms with Crippen LogP contribution in [-0.2, 0) is 0 Å². The molecule has 1 atom stereocenters. The van der Waals surface area contributed by atoms with Gasteiger partial charge in [0.05, 0.1) is 11.4 Å². The average Bonchev–Trinajstić information content (AvgIpc) is 3.04. The molecule has 0 saturated carbocycles. The van der Waals surface area contributed by atoms with Gasteiger partial charge in [-0.25, -0.2) is 4.98 Å². The smallest absolute Gasteiger partial charge is 0.292 e. The molecule has 4 rings (SSSR count). The number of hydrogen-bond donors (Lipinski definition) is 1. The van der Waals surface area contributed by atoms with Crippen molar-refractivity contribution in [3.05, 3.63) is 69.9 Å². The Morgan fingerprint density at radius 3 is 2.95 bits per heavy atom. The Hall–Kier alpha value is -2.62. The van der Waals surface area contributed by atoms with Crippen molar-refractivity contribution in [2.24, 2.45) is 0 Å². The fraction of sp³-hybridized carbons (Fsp3) is 0.176. The highest BCUT2D eigenvalue weighted by atomic mass is 16.1. The lowest BCUT2D eigenvalue weighted by atomic mass is 9.98. The van der Waals surface area contributed by atoms with Crippen molar-refractivity contribution in [3.8, 4) is 11.3 Å². The molecular formula is C17H15N3O. The Labute approximate surface area is 121 Å². The first-order valence-corrected chi connectivity index (χ1v) is 7.00. The van der Waals surface area contributed by atoms with Crippen LogP contribution in [0, 0.1) is 0 Å². The Morgan fingerprint density at radius 1 is 1.33 bits per heavy atom. The van der Waals surface area contributed by atoms with Gasteiger partial charge in [-0.2, -0.15) is 0 Å². The predicted octanol–water partition coefficient (Wildman–Crippen LogP) is 3.10. The van der Waals surface area contributed by atoms with Crippen molar-refractivity contribution in [1.82, 2.24) is 14.4 Å². The number of nitrogens with zero attached hydrogens (tertiary/aromatic N) is 2. The summed E-state index contributed by atoms with van der Waals surface area (Å²) in [5.41, 5.74) is 5.88. The molecule has 0 amide bonds. The molecule has 0 fully saturated rings. The van der Waals surface area contributed by atoms with Gasteiger partial charge in [0.1, 0.15) is 0 Å². The third-order valence-electron chi connectivity index (χ3n) is 3.96. The van der Waals surface area contributed by atoms with E-state index in [0.717, 1.165) is 17.0 Å². The van der Waals surface area contributed by atoms with E-state index in [9.17, 15) is 4.79 Å². The first-order chi connectivity index (χ1) is 10.2. The molecule has 1 aromatic carbocycles. The number of benzene rings is 1. The number of imidazole rings is 1. The van der Waals surface area contributed by atoms with Gasteiger partial charge in [-0.3, -0.25) is 9.20 Å². The van der Waals surface area contributed by atoms with Crippen molar-refractivity contribution in [2.75, 3.05) is 0 Å². The number of fused-ring (bicyclic) bond motifs is 5. The average molecular weight is 277 g/mol. The quantitative estimate of drug-likeness (QED) is 0.695. The lowest BCUT2D eigenvalue weighted by Crippen LogP contribution is -2.14. The molecule has 0 radical (unpaired) electrons. The topological polar surface area (TPSA) is 50.2 Å². The van der Waals surface area contributed by atoms with E-state index in [1.54, 1.807) is 6.20 Å². The van der Waals surface area contributed by atoms with E-state index in [1.165, 1.54) is 11.1 Å². The molecule has 1 N–H and O–H groups in total. The molecule has 0 bridgehead atoms. The van der Waals surface area contributed by atoms with Gasteiger partial charge in [0.2, 0.25) is 5.65 Å². The maximum absolute atomic E-state index is 12.2. The Kier molecular flexibility index (Phi) is 2.42. The van der Waals surface area contributed by atoms with Gasteiger partial charge in [-0.1, -0.05) is 35.9 Å². The first-order valence-electron chi connectivity index (χ1n) is 7.00. The number of rotatable bonds is 1. The standard InChI is InChI=1S/C17H15N3O/c1-10(2)9-13-11-5-3-4-6-12(11)14-15(13)20-8-7-18-16(20)17(21)19-14/h3-9,13H,1-2H3,(H,19,21). The number of H-pyrrole nitrogens is 1. The van der Waals surface area contributed by atoms with Crippen molar-refractivity contribution in [2.45, 2.75) is 19.8 Å². The van der Waals surface area contributed by atoms with Gasteiger partial charge in [-0.15, -0.1) is 0 Å². The number of aromatic amines is 1. The van der Waals surface area contributed by atoms with E-state index in [1.807, 2.05) is 22.7 Å². The summed E-state index contributed by atoms with van der Waals surface area (Å²) in [7, 11) is 0. The molecule has 2 heterocycles. The monoisotopic (exact) mass is 277 g/mol. The molecule has 1 aliphatic rings. The van der Waals surface area contributed by atoms with Crippen LogP contribution in [0.2, 0.25) is 0 Å². The minimum atomic E-state index is -0.147. The van der Waals surface area contributed by atoms with Crippen LogP contribution in [0.4, 0.5) is 0 Å². The van der Waals surface area contributed by atoms with Gasteiger partial charge in [0, 0.05) is 23.9 Å². The fourth-order valence-corrected chi connectivity index (χ4v) is 3.18. The van der Waals surface area contributed by atoms with Crippen molar-refractivity contribution in [3.63, 3.8) is 0 Å². The van der Waals surface area contributed by atoms with Crippen LogP contribution >= 0.6 is 0 Å². The van der Waals surface area contributed by atoms with Crippen LogP contribution in [0.25, 0.3) is 16.9 Å². The summed E-state index contributed by atoms with van der Waals surface area (Å²) >= 11 is 0. The van der Waals surface area contributed by atoms with E-state index in [2.05, 4.69) is 42.0 Å². The van der Waals surface area contributed by atoms with Gasteiger partial charge >= 0.3 is 0 Å². The molecule has 4 heteroatoms. The van der Waals surface area contributed by atoms with Crippen LogP contribution in [0.15, 0.2) is 53.1 Å². The number of nitrogens with one attached hydrogen (secondary N) is 1. The summed E-state index contributed by atoms with van der Waals surface area (Å²) in [6.07, 6.45) is 5.77. The summed E-state index contributed by atoms with van der Waals surface area (Å²) in [5.74, 6) is 0.148. The Bertz CT molecular complexity index is 942. The second-order valence-corrected chi connectivity index (χ2v) is 5.64. The van der Waals surface area contributed by atoms with Gasteiger partial charge in [0.25, 0.3) is 5.56 Å². The van der Waals surface area contributed by atoms with Crippen molar-refractivity contribution >= 4 is 5.65 Å². The predicted molar refractivity (Wildman–Crippen MR) is 82.5 cm³/mol. The van der Waals surface area contributed by atoms with Crippen molar-refractivity contribution < 1.29 is 0 Å². The van der Waals surface area contributed by atoms with Crippen LogP contribution in [-0.4, -0.2) is 14.4 Å². The zero-order valence-corrected chi connectivity index (χ0v) is 11.9. The third-order valence-corrected chi connectivity index (χ3v) is 3.96. The molecule has 104 valence electrons. The van der Waals surface area contributed by atoms with Gasteiger partial charge in [0.15, 0.2) is 0 Å². The highest BCUT2D eigenvalue weighted by Crippen LogP contribution is 2.44. The highest BCUT2D eigenvalue weighted by molar-refractivity contribution is 5.76. The molecule has 4 nitrogen and oxygen atoms in total. The van der Waals surface area contributed by atoms with Crippen LogP contribution in [0.3, 0.4) is 0 Å². The SMILES string of the molecule is CC(C)=CC1c2ccccc2-c2[nH]c(=O)c3nccn3c21. The molecule has 0 aliphatic heterocycles. The lowest BCUT2D eigenvalue weighted by molar-refractivity contribution is 0.921. The molecular weight excluding hydrogens is 262 g/mol. The summed E-state index contributed by atoms with van der Waals surface area (Å²) in [4.78, 5) is 19.4. The number of allylic oxidation sites excluding steroid dienone is 2. The van der Waals surface area contributed by atoms with E-state index in [4.69, 9.17) is 0 Å². The van der Waals surface area contributed by atoms with Gasteiger partial charge < -0.3 is 4.98 Å². The zero-order chi connectivity index (χ0) is 14.6. The minimum absolute atomic E-state index is 0.147. The molecule has 3 aromatic rings. The van der Waals surface area contributed by atoms with E-state index >= 15 is 0 Å². The molecule has 1 unspecified atom stereocenters. The Balaban J connectivity index is 2.16. The second kappa shape index (κ2) is 4.19. The number of aromatic nitrogens is 3. The highest BCUT2D eigenvalue weighted by Gasteiger charge is 2.30. The lowest BCUT2D eigenvalue weighted by Gasteiger charge is -2.11. The van der Waals surface area contributed by atoms with Crippen LogP contribution in [0.5, 0.6) is 0 Å². The van der Waals surface area contributed by atoms with Crippen molar-refractivity contribution in [1.29, 1.82) is 0 Å². The summed E-state index contributed by atoms with van der Waals surface area (Å²) in [5, 5.41) is 0. The van der Waals surface area contributed by atoms with Crippen LogP contribution < -0.4 is 5.56 Å². The number of hydrogen-bond acceptors (Lipinski definition) is 2. The van der Waals surface area contributed by atoms with Crippen LogP contribution in [0.1, 0.15) is 31.0 Å². The molecule has 1 aliphatic carbocycles. The molecule has 0 saturated heterocycles. The normalized spacial score (nSPS) is 15.8. The first kappa shape index (κ1) is 12.1. The summed E-state index contributed by atoms with van der Waals surface area (Å²) < 4.78 is 1.91. The minimum Gasteiger partial charge on any atom is -0.317 e. The molecule has 21 heavy (non-hydrogen) atoms. The third kappa shape index (κ3) is 1.62. The second-order valence-electron chi connectivity index (χ2n) is 5.64. The summed E-state index contributed by atoms with van der Waals surface area (Å²) in [6.45, 7) is 4.19. The van der Waals surface area contributed by atoms with Gasteiger partial charge in [-0.05, 0) is 19.4 Å². The largest absolute Gasteiger partial charge is 0.317 e. The Morgan fingerprint density at radius 2 is 2.14 bits per heavy atom. The van der Waals surface area contributed by atoms with E-state index in [0.29, 0.717) is 5.65 Å². The maximum atomic E-state index is 12.2. The maximum Gasteiger partial charge on any atom is 0.292 e. The fourth-order valence-electron chi connectivity index (χ4n) is 3.18. The zero-order valence-electron chi connectivity index (χ0n) is 11.9.